The second-order valence-corrected chi connectivity index (χ2v) is 17.8. The summed E-state index contributed by atoms with van der Waals surface area (Å²) >= 11 is 0. The molecule has 1 aromatic rings. The number of nitrogens with zero attached hydrogens (tertiary/aromatic N) is 2. The molecule has 27 heteroatoms. The van der Waals surface area contributed by atoms with Crippen LogP contribution in [0.3, 0.4) is 0 Å². The zero-order chi connectivity index (χ0) is 55.2. The van der Waals surface area contributed by atoms with Crippen LogP contribution in [0.2, 0.25) is 0 Å². The van der Waals surface area contributed by atoms with Gasteiger partial charge in [0.25, 0.3) is 0 Å². The summed E-state index contributed by atoms with van der Waals surface area (Å²) in [5.74, 6) is -7.80. The fourth-order valence-electron chi connectivity index (χ4n) is 7.73. The molecule has 1 aliphatic rings. The predicted octanol–water partition coefficient (Wildman–Crippen LogP) is -5.44. The topological polar surface area (TPSA) is 476 Å². The van der Waals surface area contributed by atoms with Gasteiger partial charge >= 0.3 is 5.97 Å². The zero-order valence-electron chi connectivity index (χ0n) is 42.2. The Labute approximate surface area is 431 Å². The first kappa shape index (κ1) is 63.3. The van der Waals surface area contributed by atoms with Crippen molar-refractivity contribution in [2.24, 2.45) is 45.1 Å². The van der Waals surface area contributed by atoms with Crippen molar-refractivity contribution in [1.82, 2.24) is 42.1 Å². The summed E-state index contributed by atoms with van der Waals surface area (Å²) in [6, 6.07) is 0.492. The standard InChI is InChI=1S/C47H80N16O11/c1-28(57-44(71)38(36(64)26-51)62-40(67)30(52)14-5-7-21-48)39(66)56-27-37(65)58-33(16-9-23-50)45(72)63-25-11-18-35(63)43(70)60-32(20-19-29-12-3-2-4-13-29)42(69)59-31(15-6-8-22-49)41(68)61-34(46(73)74)17-10-24-55-47(53)54/h2-4,12-13,17,28,30-33,35-36,38,64H,5-11,14-16,18-27,48-52H2,1H3,(H,56,66)(H,57,71)(H,58,65)(H,59,69)(H,60,70)(H,61,68)(H,62,67)(H,73,74)(H4,53,54,55)/b34-17-/t28-,30-,31-,32-,33+,35-,36-,38-/m0/s1. The maximum atomic E-state index is 14.2. The number of aliphatic carboxylic acids is 1. The number of aliphatic hydroxyl groups excluding tert-OH is 1. The lowest BCUT2D eigenvalue weighted by atomic mass is 10.0. The number of carboxylic acids is 1. The van der Waals surface area contributed by atoms with Crippen LogP contribution in [0.15, 0.2) is 47.1 Å². The van der Waals surface area contributed by atoms with Crippen molar-refractivity contribution in [1.29, 1.82) is 0 Å². The number of carbonyl (C=O) groups excluding carboxylic acids is 8. The molecule has 0 aromatic heterocycles. The highest BCUT2D eigenvalue weighted by Gasteiger charge is 2.39. The highest BCUT2D eigenvalue weighted by atomic mass is 16.4. The van der Waals surface area contributed by atoms with Crippen LogP contribution in [-0.4, -0.2) is 169 Å². The number of carbonyl (C=O) groups is 9. The first-order valence-corrected chi connectivity index (χ1v) is 24.9. The van der Waals surface area contributed by atoms with E-state index in [4.69, 9.17) is 40.1 Å². The molecule has 1 saturated heterocycles. The second kappa shape index (κ2) is 34.6. The molecule has 0 radical (unpaired) electrons. The van der Waals surface area contributed by atoms with Crippen LogP contribution in [0.4, 0.5) is 0 Å². The molecular formula is C47H80N16O11. The predicted molar refractivity (Wildman–Crippen MR) is 274 cm³/mol. The SMILES string of the molecule is C[C@H](NC(=O)[C@@H](NC(=O)[C@@H](N)CCCCN)[C@@H](O)CN)C(=O)NCC(=O)N[C@H](CCCN)C(=O)N1CCC[C@H]1C(=O)N[C@@H](CCc1ccccc1)C(=O)N[C@@H](CCCCN)C(=O)N/C(=C\CCN=C(N)N)C(=O)O. The van der Waals surface area contributed by atoms with Gasteiger partial charge in [0.15, 0.2) is 5.96 Å². The number of hydrogen-bond acceptors (Lipinski definition) is 16. The molecule has 1 aromatic carbocycles. The van der Waals surface area contributed by atoms with Crippen LogP contribution < -0.4 is 77.4 Å². The Morgan fingerprint density at radius 3 is 2.00 bits per heavy atom. The van der Waals surface area contributed by atoms with Crippen molar-refractivity contribution >= 4 is 59.2 Å². The van der Waals surface area contributed by atoms with Gasteiger partial charge in [-0.1, -0.05) is 42.8 Å². The van der Waals surface area contributed by atoms with E-state index in [1.165, 1.54) is 17.9 Å². The lowest BCUT2D eigenvalue weighted by Crippen LogP contribution is -2.60. The number of carboxylic acid groups (broad SMARTS) is 1. The Kier molecular flexibility index (Phi) is 29.6. The lowest BCUT2D eigenvalue weighted by Gasteiger charge is -2.30. The van der Waals surface area contributed by atoms with E-state index in [1.807, 2.05) is 30.3 Å². The van der Waals surface area contributed by atoms with Gasteiger partial charge in [-0.15, -0.1) is 0 Å². The molecular weight excluding hydrogens is 965 g/mol. The number of nitrogens with one attached hydrogen (secondary N) is 7. The number of rotatable bonds is 35. The Bertz CT molecular complexity index is 2060. The molecule has 1 aliphatic heterocycles. The summed E-state index contributed by atoms with van der Waals surface area (Å²) in [6.07, 6.45) is 3.47. The maximum absolute atomic E-state index is 14.2. The van der Waals surface area contributed by atoms with E-state index in [0.29, 0.717) is 45.1 Å². The number of aryl methyl sites for hydroxylation is 1. The first-order chi connectivity index (χ1) is 35.3. The van der Waals surface area contributed by atoms with E-state index in [2.05, 4.69) is 42.2 Å². The molecule has 2 rings (SSSR count). The summed E-state index contributed by atoms with van der Waals surface area (Å²) in [5.41, 5.74) is 39.5. The van der Waals surface area contributed by atoms with E-state index < -0.39 is 120 Å². The number of aliphatic imine (C=N–C) groups is 1. The number of nitrogens with two attached hydrogens (primary N) is 7. The van der Waals surface area contributed by atoms with E-state index in [0.717, 1.165) is 5.56 Å². The Hall–Kier alpha value is -6.78. The van der Waals surface area contributed by atoms with Crippen molar-refractivity contribution in [3.63, 3.8) is 0 Å². The number of aliphatic hydroxyl groups is 1. The third-order valence-corrected chi connectivity index (χ3v) is 11.9. The molecule has 414 valence electrons. The third-order valence-electron chi connectivity index (χ3n) is 11.9. The Morgan fingerprint density at radius 2 is 1.38 bits per heavy atom. The van der Waals surface area contributed by atoms with Gasteiger partial charge in [-0.05, 0) is 109 Å². The Balaban J connectivity index is 2.23. The molecule has 1 heterocycles. The van der Waals surface area contributed by atoms with E-state index in [1.54, 1.807) is 0 Å². The van der Waals surface area contributed by atoms with E-state index in [9.17, 15) is 53.4 Å². The molecule has 0 bridgehead atoms. The van der Waals surface area contributed by atoms with Crippen molar-refractivity contribution in [2.75, 3.05) is 45.8 Å². The minimum Gasteiger partial charge on any atom is -0.477 e. The molecule has 23 N–H and O–H groups in total. The van der Waals surface area contributed by atoms with E-state index in [-0.39, 0.29) is 77.1 Å². The van der Waals surface area contributed by atoms with Crippen LogP contribution in [-0.2, 0) is 49.6 Å². The van der Waals surface area contributed by atoms with Crippen molar-refractivity contribution in [3.05, 3.63) is 47.7 Å². The summed E-state index contributed by atoms with van der Waals surface area (Å²) < 4.78 is 0. The fraction of sp³-hybridized carbons (Fsp3) is 0.617. The highest BCUT2D eigenvalue weighted by Crippen LogP contribution is 2.21. The number of hydrogen-bond donors (Lipinski definition) is 16. The molecule has 0 spiro atoms. The zero-order valence-corrected chi connectivity index (χ0v) is 42.2. The quantitative estimate of drug-likeness (QED) is 0.0131. The van der Waals surface area contributed by atoms with Crippen molar-refractivity contribution in [3.8, 4) is 0 Å². The van der Waals surface area contributed by atoms with Crippen LogP contribution in [0.25, 0.3) is 0 Å². The first-order valence-electron chi connectivity index (χ1n) is 24.9. The molecule has 0 saturated carbocycles. The normalized spacial score (nSPS) is 16.2. The lowest BCUT2D eigenvalue weighted by molar-refractivity contribution is -0.142. The summed E-state index contributed by atoms with van der Waals surface area (Å²) in [6.45, 7) is 1.25. The van der Waals surface area contributed by atoms with Gasteiger partial charge < -0.3 is 92.5 Å². The van der Waals surface area contributed by atoms with Crippen molar-refractivity contribution in [2.45, 2.75) is 139 Å². The van der Waals surface area contributed by atoms with Gasteiger partial charge in [0, 0.05) is 19.6 Å². The molecule has 0 unspecified atom stereocenters. The number of benzene rings is 1. The second-order valence-electron chi connectivity index (χ2n) is 17.8. The number of likely N-dealkylation sites (tertiary alicyclic amines) is 1. The van der Waals surface area contributed by atoms with Gasteiger partial charge in [0.1, 0.15) is 41.9 Å². The molecule has 1 fully saturated rings. The minimum atomic E-state index is -1.56. The minimum absolute atomic E-state index is 0.0502. The summed E-state index contributed by atoms with van der Waals surface area (Å²) in [5, 5.41) is 37.8. The summed E-state index contributed by atoms with van der Waals surface area (Å²) in [4.78, 5) is 125. The summed E-state index contributed by atoms with van der Waals surface area (Å²) in [7, 11) is 0. The maximum Gasteiger partial charge on any atom is 0.352 e. The highest BCUT2D eigenvalue weighted by molar-refractivity contribution is 5.99. The molecule has 8 atom stereocenters. The van der Waals surface area contributed by atoms with Gasteiger partial charge in [0.2, 0.25) is 47.3 Å². The monoisotopic (exact) mass is 1040 g/mol. The van der Waals surface area contributed by atoms with Gasteiger partial charge in [-0.3, -0.25) is 43.3 Å². The van der Waals surface area contributed by atoms with Gasteiger partial charge in [-0.25, -0.2) is 4.79 Å². The molecule has 74 heavy (non-hydrogen) atoms. The number of guanidine groups is 1. The van der Waals surface area contributed by atoms with Gasteiger partial charge in [-0.2, -0.15) is 0 Å². The van der Waals surface area contributed by atoms with E-state index >= 15 is 0 Å². The van der Waals surface area contributed by atoms with Crippen LogP contribution in [0, 0.1) is 0 Å². The smallest absolute Gasteiger partial charge is 0.352 e. The van der Waals surface area contributed by atoms with Crippen LogP contribution >= 0.6 is 0 Å². The molecule has 8 amide bonds. The fourth-order valence-corrected chi connectivity index (χ4v) is 7.73. The molecule has 27 nitrogen and oxygen atoms in total. The number of amides is 8. The number of unbranched alkanes of at least 4 members (excludes halogenated alkanes) is 2. The van der Waals surface area contributed by atoms with Crippen LogP contribution in [0.1, 0.15) is 89.5 Å². The average Bonchev–Trinajstić information content (AvgIpc) is 3.88. The molecule has 0 aliphatic carbocycles. The van der Waals surface area contributed by atoms with Crippen LogP contribution in [0.5, 0.6) is 0 Å². The van der Waals surface area contributed by atoms with Crippen molar-refractivity contribution < 1.29 is 53.4 Å². The third kappa shape index (κ3) is 23.0. The average molecular weight is 1050 g/mol. The Morgan fingerprint density at radius 1 is 0.743 bits per heavy atom. The largest absolute Gasteiger partial charge is 0.477 e. The van der Waals surface area contributed by atoms with Gasteiger partial charge in [0.05, 0.1) is 18.7 Å².